The molecule has 1 aliphatic heterocycles. The molecule has 1 amide bonds. The first kappa shape index (κ1) is 14.0. The minimum Gasteiger partial charge on any atom is -0.390 e. The van der Waals surface area contributed by atoms with Gasteiger partial charge in [-0.1, -0.05) is 6.08 Å². The van der Waals surface area contributed by atoms with Gasteiger partial charge in [-0.3, -0.25) is 15.0 Å². The summed E-state index contributed by atoms with van der Waals surface area (Å²) in [4.78, 5) is 17.7. The van der Waals surface area contributed by atoms with E-state index < -0.39 is 17.2 Å². The van der Waals surface area contributed by atoms with E-state index in [4.69, 9.17) is 12.0 Å². The number of hydrogen-bond donors (Lipinski definition) is 2. The maximum absolute atomic E-state index is 12.8. The van der Waals surface area contributed by atoms with Crippen LogP contribution in [0.1, 0.15) is 44.9 Å². The van der Waals surface area contributed by atoms with Crippen LogP contribution >= 0.6 is 0 Å². The molecule has 2 N–H and O–H groups in total. The van der Waals surface area contributed by atoms with Crippen LogP contribution in [0.2, 0.25) is 0 Å². The van der Waals surface area contributed by atoms with Gasteiger partial charge in [-0.2, -0.15) is 0 Å². The van der Waals surface area contributed by atoms with E-state index >= 15 is 0 Å². The number of nitrogens with one attached hydrogen (secondary N) is 1. The molecule has 4 bridgehead atoms. The molecule has 0 aromatic carbocycles. The van der Waals surface area contributed by atoms with Gasteiger partial charge in [0.25, 0.3) is 5.91 Å². The molecule has 0 radical (unpaired) electrons. The highest BCUT2D eigenvalue weighted by Gasteiger charge is 2.60. The second-order valence-corrected chi connectivity index (χ2v) is 7.78. The van der Waals surface area contributed by atoms with E-state index in [1.165, 1.54) is 4.90 Å². The summed E-state index contributed by atoms with van der Waals surface area (Å²) in [5, 5.41) is 19.3. The van der Waals surface area contributed by atoms with Crippen LogP contribution in [0.3, 0.4) is 0 Å². The second kappa shape index (κ2) is 4.42. The van der Waals surface area contributed by atoms with Gasteiger partial charge in [0.1, 0.15) is 5.71 Å². The Morgan fingerprint density at radius 1 is 1.32 bits per heavy atom. The highest BCUT2D eigenvalue weighted by molar-refractivity contribution is 6.40. The van der Waals surface area contributed by atoms with Crippen molar-refractivity contribution < 1.29 is 9.90 Å². The lowest BCUT2D eigenvalue weighted by Crippen LogP contribution is -2.60. The van der Waals surface area contributed by atoms with Crippen molar-refractivity contribution in [2.75, 3.05) is 0 Å². The molecule has 5 rings (SSSR count). The molecule has 4 aliphatic carbocycles. The van der Waals surface area contributed by atoms with Gasteiger partial charge in [-0.05, 0) is 50.4 Å². The largest absolute Gasteiger partial charge is 0.390 e. The minimum absolute atomic E-state index is 0.125. The van der Waals surface area contributed by atoms with E-state index in [1.54, 1.807) is 6.20 Å². The normalized spacial score (nSPS) is 45.1. The van der Waals surface area contributed by atoms with Crippen LogP contribution < -0.4 is 0 Å². The Bertz CT molecular complexity index is 604. The molecule has 3 unspecified atom stereocenters. The quantitative estimate of drug-likeness (QED) is 0.607. The first-order valence-electron chi connectivity index (χ1n) is 8.12. The van der Waals surface area contributed by atoms with E-state index in [0.29, 0.717) is 24.7 Å². The number of carbonyl (C=O) groups excluding carboxylic acids is 1. The molecule has 22 heavy (non-hydrogen) atoms. The number of rotatable bonds is 2. The lowest BCUT2D eigenvalue weighted by atomic mass is 9.46. The van der Waals surface area contributed by atoms with Gasteiger partial charge in [-0.15, -0.1) is 0 Å². The summed E-state index contributed by atoms with van der Waals surface area (Å²) in [7, 11) is 0. The third kappa shape index (κ3) is 1.87. The molecule has 4 fully saturated rings. The molecule has 0 aromatic rings. The van der Waals surface area contributed by atoms with Crippen molar-refractivity contribution in [2.24, 2.45) is 17.3 Å². The molecule has 0 saturated heterocycles. The van der Waals surface area contributed by atoms with Gasteiger partial charge in [0.05, 0.1) is 12.0 Å². The van der Waals surface area contributed by atoms with Crippen molar-refractivity contribution in [3.8, 4) is 0 Å². The molecule has 5 heteroatoms. The third-order valence-corrected chi connectivity index (χ3v) is 6.09. The van der Waals surface area contributed by atoms with Crippen LogP contribution in [0.15, 0.2) is 12.3 Å². The van der Waals surface area contributed by atoms with Crippen LogP contribution in [0.4, 0.5) is 0 Å². The van der Waals surface area contributed by atoms with E-state index in [0.717, 1.165) is 32.1 Å². The predicted octanol–water partition coefficient (Wildman–Crippen LogP) is 2.33. The fourth-order valence-electron chi connectivity index (χ4n) is 5.69. The van der Waals surface area contributed by atoms with Crippen molar-refractivity contribution in [2.45, 2.75) is 56.7 Å². The van der Waals surface area contributed by atoms with Crippen molar-refractivity contribution in [1.82, 2.24) is 4.90 Å². The Morgan fingerprint density at radius 2 is 2.00 bits per heavy atom. The lowest BCUT2D eigenvalue weighted by molar-refractivity contribution is -0.145. The lowest BCUT2D eigenvalue weighted by Gasteiger charge is -2.60. The first-order chi connectivity index (χ1) is 10.4. The zero-order valence-electron chi connectivity index (χ0n) is 12.6. The fraction of sp³-hybridized carbons (Fsp3) is 0.706. The van der Waals surface area contributed by atoms with Crippen molar-refractivity contribution in [3.05, 3.63) is 23.7 Å². The van der Waals surface area contributed by atoms with Crippen LogP contribution in [0, 0.1) is 29.2 Å². The Labute approximate surface area is 130 Å². The van der Waals surface area contributed by atoms with Gasteiger partial charge < -0.3 is 5.11 Å². The summed E-state index contributed by atoms with van der Waals surface area (Å²) in [5.74, 6) is 0.565. The molecule has 0 aromatic heterocycles. The van der Waals surface area contributed by atoms with Gasteiger partial charge in [0.15, 0.2) is 0 Å². The Balaban J connectivity index is 1.62. The van der Waals surface area contributed by atoms with Gasteiger partial charge >= 0.3 is 6.17 Å². The van der Waals surface area contributed by atoms with E-state index in [1.807, 2.05) is 6.08 Å². The summed E-state index contributed by atoms with van der Waals surface area (Å²) in [6.07, 6.45) is 8.60. The highest BCUT2D eigenvalue weighted by atomic mass is 16.3. The molecule has 116 valence electrons. The Hall–Kier alpha value is -1.67. The first-order valence-corrected chi connectivity index (χ1v) is 8.12. The molecule has 5 nitrogen and oxygen atoms in total. The van der Waals surface area contributed by atoms with Gasteiger partial charge in [-0.25, -0.2) is 11.5 Å². The van der Waals surface area contributed by atoms with E-state index in [9.17, 15) is 9.90 Å². The summed E-state index contributed by atoms with van der Waals surface area (Å²) < 4.78 is 0. The molecule has 3 atom stereocenters. The maximum atomic E-state index is 12.8. The summed E-state index contributed by atoms with van der Waals surface area (Å²) in [6, 6.07) is 0. The Morgan fingerprint density at radius 3 is 2.59 bits per heavy atom. The number of aliphatic hydroxyl groups is 1. The van der Waals surface area contributed by atoms with Crippen LogP contribution in [0.5, 0.6) is 0 Å². The second-order valence-electron chi connectivity index (χ2n) is 7.78. The number of nitrogens with zero attached hydrogens (tertiary/aromatic N) is 2. The average molecular weight is 299 g/mol. The minimum atomic E-state index is -0.670. The molecule has 5 aliphatic rings. The van der Waals surface area contributed by atoms with Crippen LogP contribution in [0.25, 0.3) is 4.85 Å². The molecular weight excluding hydrogens is 278 g/mol. The van der Waals surface area contributed by atoms with E-state index in [2.05, 4.69) is 4.85 Å². The zero-order chi connectivity index (χ0) is 15.5. The number of hydrogen-bond acceptors (Lipinski definition) is 3. The van der Waals surface area contributed by atoms with Crippen molar-refractivity contribution in [1.29, 1.82) is 5.41 Å². The SMILES string of the molecule is [C-]#[N+]C1CC=CN1C(=O)C(=N)C12CC3CC(CC(O)(C3)C1)C2. The topological polar surface area (TPSA) is 68.8 Å². The molecule has 1 heterocycles. The fourth-order valence-corrected chi connectivity index (χ4v) is 5.69. The summed E-state index contributed by atoms with van der Waals surface area (Å²) in [6.45, 7) is 7.20. The average Bonchev–Trinajstić information content (AvgIpc) is 2.91. The molecule has 0 spiro atoms. The molecular formula is C17H21N3O2. The monoisotopic (exact) mass is 299 g/mol. The van der Waals surface area contributed by atoms with Gasteiger partial charge in [0, 0.05) is 11.6 Å². The summed E-state index contributed by atoms with van der Waals surface area (Å²) in [5.41, 5.74) is -1.00. The zero-order valence-corrected chi connectivity index (χ0v) is 12.6. The molecule has 4 saturated carbocycles. The predicted molar refractivity (Wildman–Crippen MR) is 80.8 cm³/mol. The highest BCUT2D eigenvalue weighted by Crippen LogP contribution is 2.62. The third-order valence-electron chi connectivity index (χ3n) is 6.09. The number of amides is 1. The standard InChI is InChI=1S/C17H21N3O2/c1-19-13-3-2-4-20(13)15(21)14(18)16-6-11-5-12(7-16)9-17(22,8-11)10-16/h2,4,11-13,18,22H,3,5-10H2. The summed E-state index contributed by atoms with van der Waals surface area (Å²) >= 11 is 0. The smallest absolute Gasteiger partial charge is 0.308 e. The Kier molecular flexibility index (Phi) is 2.80. The maximum Gasteiger partial charge on any atom is 0.308 e. The van der Waals surface area contributed by atoms with Crippen molar-refractivity contribution in [3.63, 3.8) is 0 Å². The number of carbonyl (C=O) groups is 1. The van der Waals surface area contributed by atoms with Crippen LogP contribution in [-0.2, 0) is 4.79 Å². The van der Waals surface area contributed by atoms with Crippen molar-refractivity contribution >= 4 is 11.6 Å². The van der Waals surface area contributed by atoms with E-state index in [-0.39, 0.29) is 11.6 Å². The van der Waals surface area contributed by atoms with Gasteiger partial charge in [0.2, 0.25) is 0 Å². The van der Waals surface area contributed by atoms with Crippen LogP contribution in [-0.4, -0.2) is 33.4 Å².